The lowest BCUT2D eigenvalue weighted by atomic mass is 9.80. The zero-order valence-electron chi connectivity index (χ0n) is 11.3. The van der Waals surface area contributed by atoms with Crippen LogP contribution in [-0.2, 0) is 9.59 Å². The fourth-order valence-electron chi connectivity index (χ4n) is 1.64. The van der Waals surface area contributed by atoms with Gasteiger partial charge in [-0.2, -0.15) is 0 Å². The third kappa shape index (κ3) is 4.52. The van der Waals surface area contributed by atoms with E-state index in [1.807, 2.05) is 0 Å². The Bertz CT molecular complexity index is 652. The predicted molar refractivity (Wildman–Crippen MR) is 78.3 cm³/mol. The first-order chi connectivity index (χ1) is 10.2. The van der Waals surface area contributed by atoms with Gasteiger partial charge in [0.2, 0.25) is 0 Å². The molecule has 0 spiro atoms. The van der Waals surface area contributed by atoms with Gasteiger partial charge in [0.05, 0.1) is 11.6 Å². The average Bonchev–Trinajstić information content (AvgIpc) is 2.92. The first-order valence-electron chi connectivity index (χ1n) is 5.85. The van der Waals surface area contributed by atoms with E-state index in [0.29, 0.717) is 4.48 Å². The van der Waals surface area contributed by atoms with Crippen LogP contribution in [0.25, 0.3) is 0 Å². The molecule has 0 aliphatic heterocycles. The van der Waals surface area contributed by atoms with Crippen LogP contribution < -0.4 is 0 Å². The molecule has 22 heavy (non-hydrogen) atoms. The minimum atomic E-state index is -1.14. The van der Waals surface area contributed by atoms with Crippen molar-refractivity contribution < 1.29 is 24.7 Å². The lowest BCUT2D eigenvalue weighted by Gasteiger charge is -2.24. The monoisotopic (exact) mass is 373 g/mol. The molecule has 0 saturated carbocycles. The summed E-state index contributed by atoms with van der Waals surface area (Å²) in [6, 6.07) is 0. The topological polar surface area (TPSA) is 146 Å². The highest BCUT2D eigenvalue weighted by Gasteiger charge is 2.36. The Balaban J connectivity index is 0.000000255. The second-order valence-corrected chi connectivity index (χ2v) is 5.49. The number of carbonyl (C=O) groups is 2. The van der Waals surface area contributed by atoms with E-state index in [1.54, 1.807) is 0 Å². The Morgan fingerprint density at radius 3 is 2.50 bits per heavy atom. The smallest absolute Gasteiger partial charge is 0.432 e. The molecule has 1 aliphatic carbocycles. The van der Waals surface area contributed by atoms with Crippen LogP contribution in [0.4, 0.5) is 5.95 Å². The molecule has 2 rings (SSSR count). The van der Waals surface area contributed by atoms with Crippen molar-refractivity contribution >= 4 is 33.8 Å². The van der Waals surface area contributed by atoms with E-state index >= 15 is 0 Å². The predicted octanol–water partition coefficient (Wildman–Crippen LogP) is 2.09. The number of hydrogen-bond donors (Lipinski definition) is 3. The first-order valence-corrected chi connectivity index (χ1v) is 6.64. The molecule has 1 aromatic heterocycles. The van der Waals surface area contributed by atoms with Crippen molar-refractivity contribution in [3.8, 4) is 0 Å². The van der Waals surface area contributed by atoms with E-state index in [-0.39, 0.29) is 17.9 Å². The molecule has 1 unspecified atom stereocenters. The highest BCUT2D eigenvalue weighted by Crippen LogP contribution is 2.35. The largest absolute Gasteiger partial charge is 0.481 e. The van der Waals surface area contributed by atoms with Gasteiger partial charge in [-0.15, -0.1) is 0 Å². The number of aromatic nitrogens is 2. The van der Waals surface area contributed by atoms with Gasteiger partial charge >= 0.3 is 17.9 Å². The van der Waals surface area contributed by atoms with E-state index < -0.39 is 22.3 Å². The number of H-pyrrole nitrogens is 1. The van der Waals surface area contributed by atoms with Crippen molar-refractivity contribution in [1.29, 1.82) is 0 Å². The second-order valence-electron chi connectivity index (χ2n) is 4.57. The van der Waals surface area contributed by atoms with E-state index in [2.05, 4.69) is 25.9 Å². The molecule has 0 fully saturated rings. The van der Waals surface area contributed by atoms with E-state index in [4.69, 9.17) is 10.2 Å². The van der Waals surface area contributed by atoms with Crippen LogP contribution >= 0.6 is 15.9 Å². The van der Waals surface area contributed by atoms with Gasteiger partial charge in [0.15, 0.2) is 0 Å². The summed E-state index contributed by atoms with van der Waals surface area (Å²) in [5, 5.41) is 27.5. The van der Waals surface area contributed by atoms with Crippen LogP contribution in [0.2, 0.25) is 0 Å². The van der Waals surface area contributed by atoms with Crippen LogP contribution in [0.1, 0.15) is 13.3 Å². The first kappa shape index (κ1) is 17.6. The molecule has 0 saturated heterocycles. The van der Waals surface area contributed by atoms with Crippen LogP contribution in [0.15, 0.2) is 34.6 Å². The van der Waals surface area contributed by atoms with Crippen molar-refractivity contribution in [2.45, 2.75) is 13.3 Å². The van der Waals surface area contributed by atoms with Crippen molar-refractivity contribution in [3.63, 3.8) is 0 Å². The van der Waals surface area contributed by atoms with Gasteiger partial charge in [0.1, 0.15) is 6.20 Å². The van der Waals surface area contributed by atoms with Gasteiger partial charge in [-0.3, -0.25) is 4.79 Å². The summed E-state index contributed by atoms with van der Waals surface area (Å²) in [5.41, 5.74) is -1.04. The highest BCUT2D eigenvalue weighted by atomic mass is 79.9. The molecule has 1 heterocycles. The number of carboxylic acids is 2. The van der Waals surface area contributed by atoms with Crippen molar-refractivity contribution in [1.82, 2.24) is 9.97 Å². The molecule has 0 amide bonds. The Kier molecular flexibility index (Phi) is 5.57. The maximum atomic E-state index is 10.9. The summed E-state index contributed by atoms with van der Waals surface area (Å²) >= 11 is 3.10. The van der Waals surface area contributed by atoms with Crippen LogP contribution in [0.3, 0.4) is 0 Å². The van der Waals surface area contributed by atoms with Gasteiger partial charge in [-0.05, 0) is 24.3 Å². The Morgan fingerprint density at radius 1 is 1.50 bits per heavy atom. The Morgan fingerprint density at radius 2 is 2.14 bits per heavy atom. The molecule has 1 aromatic rings. The number of aliphatic carboxylic acids is 2. The summed E-state index contributed by atoms with van der Waals surface area (Å²) in [6.45, 7) is 1.49. The van der Waals surface area contributed by atoms with Gasteiger partial charge in [0, 0.05) is 10.1 Å². The maximum Gasteiger partial charge on any atom is 0.432 e. The minimum Gasteiger partial charge on any atom is -0.481 e. The van der Waals surface area contributed by atoms with E-state index in [0.717, 1.165) is 0 Å². The Labute approximate surface area is 132 Å². The molecule has 0 radical (unpaired) electrons. The van der Waals surface area contributed by atoms with Crippen LogP contribution in [-0.4, -0.2) is 37.0 Å². The summed E-state index contributed by atoms with van der Waals surface area (Å²) in [5.74, 6) is -2.33. The lowest BCUT2D eigenvalue weighted by molar-refractivity contribution is -0.393. The molecule has 3 N–H and O–H groups in total. The molecular weight excluding hydrogens is 362 g/mol. The zero-order chi connectivity index (χ0) is 16.9. The maximum absolute atomic E-state index is 10.9. The number of imidazole rings is 1. The SMILES string of the molecule is CC1(C(=O)O)C=C(Br)C=C(C(=O)O)C1.O=[N+]([O-])c1ncc[nH]1. The fourth-order valence-corrected chi connectivity index (χ4v) is 2.42. The lowest BCUT2D eigenvalue weighted by Crippen LogP contribution is -2.29. The van der Waals surface area contributed by atoms with E-state index in [1.165, 1.54) is 31.5 Å². The molecule has 1 aliphatic rings. The number of rotatable bonds is 3. The van der Waals surface area contributed by atoms with Crippen molar-refractivity contribution in [2.24, 2.45) is 5.41 Å². The number of aromatic amines is 1. The summed E-state index contributed by atoms with van der Waals surface area (Å²) < 4.78 is 0.492. The third-order valence-electron chi connectivity index (χ3n) is 2.75. The quantitative estimate of drug-likeness (QED) is 0.542. The normalized spacial score (nSPS) is 20.1. The molecule has 118 valence electrons. The summed E-state index contributed by atoms with van der Waals surface area (Å²) in [7, 11) is 0. The number of allylic oxidation sites excluding steroid dienone is 2. The zero-order valence-corrected chi connectivity index (χ0v) is 12.9. The average molecular weight is 374 g/mol. The molecule has 10 heteroatoms. The van der Waals surface area contributed by atoms with Crippen molar-refractivity contribution in [2.75, 3.05) is 0 Å². The van der Waals surface area contributed by atoms with Crippen LogP contribution in [0, 0.1) is 15.5 Å². The van der Waals surface area contributed by atoms with Gasteiger partial charge in [-0.25, -0.2) is 9.78 Å². The minimum absolute atomic E-state index is 0.00671. The standard InChI is InChI=1S/C9H9BrO4.C3H3N3O2/c1-9(8(13)14)3-5(7(11)12)2-6(10)4-9;7-6(8)3-4-1-2-5-3/h2,4H,3H2,1H3,(H,11,12)(H,13,14);1-2H,(H,4,5). The van der Waals surface area contributed by atoms with Gasteiger partial charge in [-0.1, -0.05) is 27.0 Å². The number of nitro groups is 1. The fraction of sp³-hybridized carbons (Fsp3) is 0.250. The molecule has 0 bridgehead atoms. The third-order valence-corrected chi connectivity index (χ3v) is 3.20. The highest BCUT2D eigenvalue weighted by molar-refractivity contribution is 9.11. The molecule has 9 nitrogen and oxygen atoms in total. The van der Waals surface area contributed by atoms with Crippen molar-refractivity contribution in [3.05, 3.63) is 44.7 Å². The Hall–Kier alpha value is -2.49. The number of halogens is 1. The molecule has 0 aromatic carbocycles. The number of nitrogens with zero attached hydrogens (tertiary/aromatic N) is 2. The molecular formula is C12H12BrN3O6. The summed E-state index contributed by atoms with van der Waals surface area (Å²) in [4.78, 5) is 36.5. The summed E-state index contributed by atoms with van der Waals surface area (Å²) in [6.07, 6.45) is 5.66. The van der Waals surface area contributed by atoms with E-state index in [9.17, 15) is 19.7 Å². The van der Waals surface area contributed by atoms with Gasteiger partial charge in [0.25, 0.3) is 0 Å². The number of carboxylic acid groups (broad SMARTS) is 2. The van der Waals surface area contributed by atoms with Crippen LogP contribution in [0.5, 0.6) is 0 Å². The second kappa shape index (κ2) is 6.98. The number of hydrogen-bond acceptors (Lipinski definition) is 5. The van der Waals surface area contributed by atoms with Gasteiger partial charge < -0.3 is 20.3 Å². The number of nitrogens with one attached hydrogen (secondary N) is 1. The molecule has 1 atom stereocenters.